The SMILES string of the molecule is CC[C@@H]1[C@@H](COC(C)=O)C[C@H]1n1cnc2c(Cl)ncnc21. The Morgan fingerprint density at radius 3 is 3.00 bits per heavy atom. The second-order valence-corrected chi connectivity index (χ2v) is 5.78. The molecule has 0 amide bonds. The topological polar surface area (TPSA) is 69.9 Å². The molecule has 0 aromatic carbocycles. The van der Waals surface area contributed by atoms with Crippen LogP contribution in [0.2, 0.25) is 5.15 Å². The van der Waals surface area contributed by atoms with E-state index >= 15 is 0 Å². The summed E-state index contributed by atoms with van der Waals surface area (Å²) in [6.07, 6.45) is 5.22. The molecule has 3 atom stereocenters. The molecule has 1 fully saturated rings. The highest BCUT2D eigenvalue weighted by atomic mass is 35.5. The highest BCUT2D eigenvalue weighted by Gasteiger charge is 2.42. The number of fused-ring (bicyclic) bond motifs is 1. The molecule has 21 heavy (non-hydrogen) atoms. The second-order valence-electron chi connectivity index (χ2n) is 5.43. The number of carbonyl (C=O) groups excluding carboxylic acids is 1. The van der Waals surface area contributed by atoms with Crippen LogP contribution in [0.25, 0.3) is 11.2 Å². The lowest BCUT2D eigenvalue weighted by molar-refractivity contribution is -0.145. The minimum Gasteiger partial charge on any atom is -0.466 e. The van der Waals surface area contributed by atoms with Crippen LogP contribution >= 0.6 is 11.6 Å². The standard InChI is InChI=1S/C14H17ClN4O2/c1-3-10-9(5-21-8(2)20)4-11(10)19-7-18-12-13(15)16-6-17-14(12)19/h6-7,9-11H,3-5H2,1-2H3/t9-,10-,11-/m1/s1. The third-order valence-corrected chi connectivity index (χ3v) is 4.56. The van der Waals surface area contributed by atoms with Gasteiger partial charge >= 0.3 is 5.97 Å². The predicted octanol–water partition coefficient (Wildman–Crippen LogP) is 2.63. The molecule has 2 aromatic rings. The minimum absolute atomic E-state index is 0.221. The van der Waals surface area contributed by atoms with E-state index in [-0.39, 0.29) is 5.97 Å². The number of carbonyl (C=O) groups is 1. The molecule has 112 valence electrons. The van der Waals surface area contributed by atoms with E-state index in [9.17, 15) is 4.79 Å². The summed E-state index contributed by atoms with van der Waals surface area (Å²) >= 11 is 6.04. The summed E-state index contributed by atoms with van der Waals surface area (Å²) in [7, 11) is 0. The van der Waals surface area contributed by atoms with Gasteiger partial charge in [0.2, 0.25) is 0 Å². The van der Waals surface area contributed by atoms with E-state index in [2.05, 4.69) is 26.4 Å². The molecular formula is C14H17ClN4O2. The molecule has 0 N–H and O–H groups in total. The van der Waals surface area contributed by atoms with E-state index in [0.717, 1.165) is 18.5 Å². The van der Waals surface area contributed by atoms with Crippen molar-refractivity contribution in [3.63, 3.8) is 0 Å². The number of aromatic nitrogens is 4. The van der Waals surface area contributed by atoms with Gasteiger partial charge in [0.15, 0.2) is 10.8 Å². The van der Waals surface area contributed by atoms with Gasteiger partial charge in [-0.15, -0.1) is 0 Å². The van der Waals surface area contributed by atoms with Gasteiger partial charge in [0.1, 0.15) is 11.8 Å². The van der Waals surface area contributed by atoms with E-state index in [1.165, 1.54) is 13.3 Å². The highest BCUT2D eigenvalue weighted by Crippen LogP contribution is 2.47. The average molecular weight is 309 g/mol. The number of esters is 1. The van der Waals surface area contributed by atoms with Crippen molar-refractivity contribution in [3.8, 4) is 0 Å². The normalized spacial score (nSPS) is 24.8. The molecule has 0 saturated heterocycles. The average Bonchev–Trinajstić information content (AvgIpc) is 2.83. The molecule has 2 aromatic heterocycles. The maximum atomic E-state index is 10.9. The quantitative estimate of drug-likeness (QED) is 0.641. The summed E-state index contributed by atoms with van der Waals surface area (Å²) in [6, 6.07) is 0.325. The lowest BCUT2D eigenvalue weighted by Crippen LogP contribution is -2.40. The van der Waals surface area contributed by atoms with E-state index in [4.69, 9.17) is 16.3 Å². The van der Waals surface area contributed by atoms with Crippen LogP contribution in [0.1, 0.15) is 32.7 Å². The van der Waals surface area contributed by atoms with Crippen molar-refractivity contribution < 1.29 is 9.53 Å². The summed E-state index contributed by atoms with van der Waals surface area (Å²) in [6.45, 7) is 4.09. The molecule has 0 bridgehead atoms. The third kappa shape index (κ3) is 2.48. The molecule has 1 saturated carbocycles. The van der Waals surface area contributed by atoms with Crippen LogP contribution < -0.4 is 0 Å². The van der Waals surface area contributed by atoms with Gasteiger partial charge in [-0.2, -0.15) is 0 Å². The number of halogens is 1. The Morgan fingerprint density at radius 2 is 2.29 bits per heavy atom. The van der Waals surface area contributed by atoms with E-state index in [0.29, 0.717) is 35.2 Å². The maximum Gasteiger partial charge on any atom is 0.302 e. The monoisotopic (exact) mass is 308 g/mol. The van der Waals surface area contributed by atoms with Crippen molar-refractivity contribution in [3.05, 3.63) is 17.8 Å². The molecule has 6 nitrogen and oxygen atoms in total. The van der Waals surface area contributed by atoms with Gasteiger partial charge < -0.3 is 9.30 Å². The summed E-state index contributed by atoms with van der Waals surface area (Å²) < 4.78 is 7.21. The smallest absolute Gasteiger partial charge is 0.302 e. The fourth-order valence-corrected chi connectivity index (χ4v) is 3.36. The Hall–Kier alpha value is -1.69. The van der Waals surface area contributed by atoms with Gasteiger partial charge in [-0.25, -0.2) is 15.0 Å². The van der Waals surface area contributed by atoms with Gasteiger partial charge in [0.25, 0.3) is 0 Å². The first-order valence-corrected chi connectivity index (χ1v) is 7.46. The molecule has 2 heterocycles. The Kier molecular flexibility index (Phi) is 3.80. The van der Waals surface area contributed by atoms with Gasteiger partial charge in [0.05, 0.1) is 12.9 Å². The molecule has 1 aliphatic rings. The Bertz CT molecular complexity index is 672. The van der Waals surface area contributed by atoms with E-state index in [1.807, 2.05) is 0 Å². The fourth-order valence-electron chi connectivity index (χ4n) is 3.19. The van der Waals surface area contributed by atoms with Crippen LogP contribution in [-0.4, -0.2) is 32.1 Å². The van der Waals surface area contributed by atoms with Crippen LogP contribution in [0.4, 0.5) is 0 Å². The van der Waals surface area contributed by atoms with Crippen LogP contribution in [0.15, 0.2) is 12.7 Å². The zero-order chi connectivity index (χ0) is 15.0. The van der Waals surface area contributed by atoms with Crippen molar-refractivity contribution in [1.82, 2.24) is 19.5 Å². The Labute approximate surface area is 127 Å². The molecule has 1 aliphatic carbocycles. The first-order valence-electron chi connectivity index (χ1n) is 7.08. The largest absolute Gasteiger partial charge is 0.466 e. The van der Waals surface area contributed by atoms with Crippen molar-refractivity contribution in [2.24, 2.45) is 11.8 Å². The van der Waals surface area contributed by atoms with Gasteiger partial charge in [0, 0.05) is 13.0 Å². The number of hydrogen-bond acceptors (Lipinski definition) is 5. The number of rotatable bonds is 4. The number of imidazole rings is 1. The Morgan fingerprint density at radius 1 is 1.48 bits per heavy atom. The second kappa shape index (κ2) is 5.60. The molecule has 7 heteroatoms. The third-order valence-electron chi connectivity index (χ3n) is 4.29. The lowest BCUT2D eigenvalue weighted by Gasteiger charge is -2.44. The maximum absolute atomic E-state index is 10.9. The lowest BCUT2D eigenvalue weighted by atomic mass is 9.68. The van der Waals surface area contributed by atoms with Crippen molar-refractivity contribution >= 4 is 28.7 Å². The van der Waals surface area contributed by atoms with Crippen LogP contribution in [0.3, 0.4) is 0 Å². The molecule has 0 aliphatic heterocycles. The van der Waals surface area contributed by atoms with Crippen LogP contribution in [0, 0.1) is 11.8 Å². The highest BCUT2D eigenvalue weighted by molar-refractivity contribution is 6.33. The Balaban J connectivity index is 1.81. The first kappa shape index (κ1) is 14.3. The van der Waals surface area contributed by atoms with Crippen molar-refractivity contribution in [2.45, 2.75) is 32.7 Å². The minimum atomic E-state index is -0.221. The molecule has 0 spiro atoms. The van der Waals surface area contributed by atoms with Gasteiger partial charge in [-0.1, -0.05) is 24.9 Å². The van der Waals surface area contributed by atoms with Gasteiger partial charge in [-0.3, -0.25) is 4.79 Å². The van der Waals surface area contributed by atoms with E-state index in [1.54, 1.807) is 6.33 Å². The predicted molar refractivity (Wildman–Crippen MR) is 77.9 cm³/mol. The summed E-state index contributed by atoms with van der Waals surface area (Å²) in [5, 5.41) is 0.377. The van der Waals surface area contributed by atoms with Crippen LogP contribution in [-0.2, 0) is 9.53 Å². The number of ether oxygens (including phenoxy) is 1. The first-order chi connectivity index (χ1) is 10.1. The molecule has 0 unspecified atom stereocenters. The zero-order valence-corrected chi connectivity index (χ0v) is 12.7. The number of nitrogens with zero attached hydrogens (tertiary/aromatic N) is 4. The molecular weight excluding hydrogens is 292 g/mol. The molecule has 0 radical (unpaired) electrons. The van der Waals surface area contributed by atoms with E-state index < -0.39 is 0 Å². The zero-order valence-electron chi connectivity index (χ0n) is 12.0. The van der Waals surface area contributed by atoms with Gasteiger partial charge in [-0.05, 0) is 18.3 Å². The molecule has 3 rings (SSSR count). The summed E-state index contributed by atoms with van der Waals surface area (Å²) in [5.41, 5.74) is 1.40. The summed E-state index contributed by atoms with van der Waals surface area (Å²) in [4.78, 5) is 23.5. The fraction of sp³-hybridized carbons (Fsp3) is 0.571. The van der Waals surface area contributed by atoms with Crippen molar-refractivity contribution in [2.75, 3.05) is 6.61 Å². The van der Waals surface area contributed by atoms with Crippen LogP contribution in [0.5, 0.6) is 0 Å². The summed E-state index contributed by atoms with van der Waals surface area (Å²) in [5.74, 6) is 0.634. The number of hydrogen-bond donors (Lipinski definition) is 0. The van der Waals surface area contributed by atoms with Crippen molar-refractivity contribution in [1.29, 1.82) is 0 Å².